The van der Waals surface area contributed by atoms with Gasteiger partial charge in [-0.25, -0.2) is 0 Å². The van der Waals surface area contributed by atoms with Crippen molar-refractivity contribution in [3.05, 3.63) is 6.10 Å². The minimum Gasteiger partial charge on any atom is -0.373 e. The molecule has 0 aliphatic heterocycles. The molecular weight excluding hydrogens is 124 g/mol. The highest BCUT2D eigenvalue weighted by molar-refractivity contribution is 4.59. The van der Waals surface area contributed by atoms with Crippen LogP contribution in [0.2, 0.25) is 0 Å². The maximum absolute atomic E-state index is 5.31. The van der Waals surface area contributed by atoms with Gasteiger partial charge in [-0.3, -0.25) is 0 Å². The lowest BCUT2D eigenvalue weighted by atomic mass is 10.2. The van der Waals surface area contributed by atoms with Gasteiger partial charge in [0.1, 0.15) is 0 Å². The molecule has 10 heavy (non-hydrogen) atoms. The van der Waals surface area contributed by atoms with Crippen LogP contribution >= 0.6 is 0 Å². The molecule has 0 aromatic heterocycles. The van der Waals surface area contributed by atoms with Gasteiger partial charge in [-0.1, -0.05) is 26.2 Å². The van der Waals surface area contributed by atoms with Crippen LogP contribution in [0.25, 0.3) is 0 Å². The molecule has 0 atom stereocenters. The molecule has 0 saturated carbocycles. The van der Waals surface area contributed by atoms with Crippen LogP contribution in [-0.4, -0.2) is 6.61 Å². The first-order valence-corrected chi connectivity index (χ1v) is 4.20. The van der Waals surface area contributed by atoms with Crippen molar-refractivity contribution in [1.82, 2.24) is 0 Å². The third-order valence-electron chi connectivity index (χ3n) is 1.39. The second-order valence-corrected chi connectivity index (χ2v) is 2.82. The fourth-order valence-electron chi connectivity index (χ4n) is 0.805. The van der Waals surface area contributed by atoms with Gasteiger partial charge < -0.3 is 4.74 Å². The van der Waals surface area contributed by atoms with Gasteiger partial charge in [0.05, 0.1) is 6.10 Å². The van der Waals surface area contributed by atoms with Crippen LogP contribution in [0.15, 0.2) is 0 Å². The van der Waals surface area contributed by atoms with Crippen LogP contribution in [0.5, 0.6) is 0 Å². The third-order valence-corrected chi connectivity index (χ3v) is 1.39. The molecule has 0 fully saturated rings. The van der Waals surface area contributed by atoms with Gasteiger partial charge in [0.15, 0.2) is 0 Å². The highest BCUT2D eigenvalue weighted by atomic mass is 16.5. The summed E-state index contributed by atoms with van der Waals surface area (Å²) in [6, 6.07) is 0. The van der Waals surface area contributed by atoms with Gasteiger partial charge in [0, 0.05) is 6.61 Å². The standard InChI is InChI=1S/C9H19O/c1-4-5-6-7-8-10-9(2)3/h4-8H2,1-3H3. The summed E-state index contributed by atoms with van der Waals surface area (Å²) in [5, 5.41) is 0. The van der Waals surface area contributed by atoms with Crippen LogP contribution in [0.3, 0.4) is 0 Å². The first-order valence-electron chi connectivity index (χ1n) is 4.20. The normalized spacial score (nSPS) is 10.8. The van der Waals surface area contributed by atoms with Crippen molar-refractivity contribution in [2.75, 3.05) is 6.61 Å². The molecule has 0 N–H and O–H groups in total. The Balaban J connectivity index is 2.77. The Hall–Kier alpha value is -0.0400. The van der Waals surface area contributed by atoms with Crippen molar-refractivity contribution < 1.29 is 4.74 Å². The monoisotopic (exact) mass is 143 g/mol. The maximum atomic E-state index is 5.31. The highest BCUT2D eigenvalue weighted by Gasteiger charge is 1.92. The lowest BCUT2D eigenvalue weighted by Gasteiger charge is -2.04. The zero-order chi connectivity index (χ0) is 7.82. The molecule has 0 aromatic carbocycles. The molecule has 1 nitrogen and oxygen atoms in total. The van der Waals surface area contributed by atoms with Gasteiger partial charge in [0.25, 0.3) is 0 Å². The summed E-state index contributed by atoms with van der Waals surface area (Å²) in [6.45, 7) is 7.13. The van der Waals surface area contributed by atoms with E-state index in [-0.39, 0.29) is 0 Å². The lowest BCUT2D eigenvalue weighted by Crippen LogP contribution is -1.95. The number of rotatable bonds is 6. The number of unbranched alkanes of at least 4 members (excludes halogenated alkanes) is 3. The smallest absolute Gasteiger partial charge is 0.0909 e. The molecule has 0 saturated heterocycles. The topological polar surface area (TPSA) is 9.23 Å². The Morgan fingerprint density at radius 2 is 1.80 bits per heavy atom. The molecule has 1 radical (unpaired) electrons. The third kappa shape index (κ3) is 7.96. The van der Waals surface area contributed by atoms with Crippen LogP contribution in [0.4, 0.5) is 0 Å². The van der Waals surface area contributed by atoms with E-state index in [1.807, 2.05) is 13.8 Å². The van der Waals surface area contributed by atoms with Gasteiger partial charge in [-0.05, 0) is 20.3 Å². The molecule has 0 aromatic rings. The summed E-state index contributed by atoms with van der Waals surface area (Å²) in [5.41, 5.74) is 0. The van der Waals surface area contributed by atoms with Crippen molar-refractivity contribution in [3.8, 4) is 0 Å². The first kappa shape index (κ1) is 9.96. The van der Waals surface area contributed by atoms with Crippen molar-refractivity contribution in [2.24, 2.45) is 0 Å². The van der Waals surface area contributed by atoms with Crippen LogP contribution in [0.1, 0.15) is 46.5 Å². The maximum Gasteiger partial charge on any atom is 0.0909 e. The van der Waals surface area contributed by atoms with Gasteiger partial charge >= 0.3 is 0 Å². The lowest BCUT2D eigenvalue weighted by molar-refractivity contribution is 0.151. The minimum atomic E-state index is 0.905. The molecule has 0 heterocycles. The molecule has 0 aliphatic rings. The van der Waals surface area contributed by atoms with Crippen LogP contribution in [-0.2, 0) is 4.74 Å². The summed E-state index contributed by atoms with van der Waals surface area (Å²) >= 11 is 0. The molecular formula is C9H19O. The Kier molecular flexibility index (Phi) is 7.04. The average Bonchev–Trinajstić information content (AvgIpc) is 1.87. The number of hydrogen-bond acceptors (Lipinski definition) is 1. The van der Waals surface area contributed by atoms with E-state index in [0.29, 0.717) is 0 Å². The SMILES string of the molecule is CCCCCCO[C](C)C. The Bertz CT molecular complexity index is 59.7. The van der Waals surface area contributed by atoms with E-state index in [4.69, 9.17) is 4.74 Å². The van der Waals surface area contributed by atoms with Crippen molar-refractivity contribution in [3.63, 3.8) is 0 Å². The first-order chi connectivity index (χ1) is 4.77. The molecule has 1 heteroatoms. The number of hydrogen-bond donors (Lipinski definition) is 0. The molecule has 0 rings (SSSR count). The van der Waals surface area contributed by atoms with Crippen molar-refractivity contribution in [2.45, 2.75) is 46.5 Å². The minimum absolute atomic E-state index is 0.905. The van der Waals surface area contributed by atoms with Crippen LogP contribution < -0.4 is 0 Å². The summed E-state index contributed by atoms with van der Waals surface area (Å²) in [6.07, 6.45) is 6.24. The Morgan fingerprint density at radius 1 is 1.10 bits per heavy atom. The van der Waals surface area contributed by atoms with E-state index in [2.05, 4.69) is 6.92 Å². The van der Waals surface area contributed by atoms with Gasteiger partial charge in [-0.15, -0.1) is 0 Å². The fraction of sp³-hybridized carbons (Fsp3) is 0.889. The molecule has 0 spiro atoms. The van der Waals surface area contributed by atoms with E-state index in [1.165, 1.54) is 25.7 Å². The molecule has 0 bridgehead atoms. The predicted octanol–water partition coefficient (Wildman–Crippen LogP) is 3.16. The summed E-state index contributed by atoms with van der Waals surface area (Å²) < 4.78 is 5.31. The van der Waals surface area contributed by atoms with E-state index in [0.717, 1.165) is 12.7 Å². The van der Waals surface area contributed by atoms with E-state index >= 15 is 0 Å². The van der Waals surface area contributed by atoms with Crippen molar-refractivity contribution in [1.29, 1.82) is 0 Å². The summed E-state index contributed by atoms with van der Waals surface area (Å²) in [7, 11) is 0. The summed E-state index contributed by atoms with van der Waals surface area (Å²) in [5.74, 6) is 0. The quantitative estimate of drug-likeness (QED) is 0.519. The highest BCUT2D eigenvalue weighted by Crippen LogP contribution is 2.03. The fourth-order valence-corrected chi connectivity index (χ4v) is 0.805. The zero-order valence-corrected chi connectivity index (χ0v) is 7.44. The Morgan fingerprint density at radius 3 is 2.30 bits per heavy atom. The predicted molar refractivity (Wildman–Crippen MR) is 44.7 cm³/mol. The van der Waals surface area contributed by atoms with Gasteiger partial charge in [0.2, 0.25) is 0 Å². The number of ether oxygens (including phenoxy) is 1. The average molecular weight is 143 g/mol. The largest absolute Gasteiger partial charge is 0.373 e. The zero-order valence-electron chi connectivity index (χ0n) is 7.44. The second kappa shape index (κ2) is 7.07. The molecule has 61 valence electrons. The van der Waals surface area contributed by atoms with Gasteiger partial charge in [-0.2, -0.15) is 0 Å². The van der Waals surface area contributed by atoms with E-state index in [9.17, 15) is 0 Å². The van der Waals surface area contributed by atoms with Crippen LogP contribution in [0, 0.1) is 6.10 Å². The second-order valence-electron chi connectivity index (χ2n) is 2.82. The van der Waals surface area contributed by atoms with E-state index < -0.39 is 0 Å². The molecule has 0 unspecified atom stereocenters. The molecule has 0 amide bonds. The summed E-state index contributed by atoms with van der Waals surface area (Å²) in [4.78, 5) is 0. The van der Waals surface area contributed by atoms with E-state index in [1.54, 1.807) is 0 Å². The molecule has 0 aliphatic carbocycles. The van der Waals surface area contributed by atoms with Crippen molar-refractivity contribution >= 4 is 0 Å². The Labute approximate surface area is 64.8 Å².